The number of Topliss-reactive ketones (excluding diaryl/α,β-unsaturated/α-hetero) is 1. The van der Waals surface area contributed by atoms with Gasteiger partial charge in [-0.05, 0) is 66.6 Å². The number of ketones is 1. The molecule has 5 rings (SSSR count). The number of aryl methyl sites for hydroxylation is 1. The van der Waals surface area contributed by atoms with Gasteiger partial charge in [0.1, 0.15) is 29.7 Å². The van der Waals surface area contributed by atoms with Crippen molar-refractivity contribution in [3.63, 3.8) is 0 Å². The molecule has 1 aliphatic heterocycles. The first-order valence-corrected chi connectivity index (χ1v) is 11.8. The number of hydrogen-bond donors (Lipinski definition) is 1. The van der Waals surface area contributed by atoms with E-state index in [1.165, 1.54) is 35.4 Å². The number of amides is 1. The Morgan fingerprint density at radius 1 is 1.00 bits per heavy atom. The standard InChI is InChI=1S/C30H24FNO5/c1-19-4-2-5-20(16-19)18-37-24-13-9-22(10-14-24)28(33)26-27(21-7-11-23(31)12-8-21)32(30(35)29(26)34)17-25-6-3-15-36-25/h2-16,27,33H,17-18H2,1H3/b28-26+/t27-/m0/s1. The highest BCUT2D eigenvalue weighted by Gasteiger charge is 2.46. The third-order valence-electron chi connectivity index (χ3n) is 6.25. The van der Waals surface area contributed by atoms with Gasteiger partial charge in [-0.3, -0.25) is 9.59 Å². The van der Waals surface area contributed by atoms with E-state index in [1.807, 2.05) is 31.2 Å². The number of nitrogens with zero attached hydrogens (tertiary/aromatic N) is 1. The minimum atomic E-state index is -0.914. The maximum absolute atomic E-state index is 13.6. The summed E-state index contributed by atoms with van der Waals surface area (Å²) in [6, 6.07) is 22.6. The Kier molecular flexibility index (Phi) is 6.60. The molecule has 0 aliphatic carbocycles. The van der Waals surface area contributed by atoms with Crippen molar-refractivity contribution in [2.24, 2.45) is 0 Å². The molecule has 6 nitrogen and oxygen atoms in total. The minimum absolute atomic E-state index is 0.0160. The van der Waals surface area contributed by atoms with Gasteiger partial charge in [0.25, 0.3) is 11.7 Å². The zero-order valence-electron chi connectivity index (χ0n) is 20.1. The molecule has 0 unspecified atom stereocenters. The second-order valence-electron chi connectivity index (χ2n) is 8.86. The summed E-state index contributed by atoms with van der Waals surface area (Å²) in [4.78, 5) is 27.5. The van der Waals surface area contributed by atoms with E-state index < -0.39 is 23.5 Å². The van der Waals surface area contributed by atoms with Crippen LogP contribution in [0.5, 0.6) is 5.75 Å². The van der Waals surface area contributed by atoms with E-state index in [0.29, 0.717) is 29.2 Å². The number of carbonyl (C=O) groups excluding carboxylic acids is 2. The Morgan fingerprint density at radius 3 is 2.43 bits per heavy atom. The van der Waals surface area contributed by atoms with Crippen molar-refractivity contribution in [1.82, 2.24) is 4.90 Å². The van der Waals surface area contributed by atoms with Crippen LogP contribution in [-0.4, -0.2) is 21.7 Å². The van der Waals surface area contributed by atoms with E-state index in [1.54, 1.807) is 36.4 Å². The van der Waals surface area contributed by atoms with Crippen LogP contribution < -0.4 is 4.74 Å². The van der Waals surface area contributed by atoms with Crippen molar-refractivity contribution in [3.05, 3.63) is 131 Å². The number of carbonyl (C=O) groups is 2. The molecule has 2 heterocycles. The van der Waals surface area contributed by atoms with Crippen molar-refractivity contribution < 1.29 is 28.2 Å². The molecule has 1 N–H and O–H groups in total. The molecule has 0 radical (unpaired) electrons. The Bertz CT molecular complexity index is 1460. The highest BCUT2D eigenvalue weighted by atomic mass is 19.1. The quantitative estimate of drug-likeness (QED) is 0.195. The van der Waals surface area contributed by atoms with Crippen LogP contribution in [0.2, 0.25) is 0 Å². The Balaban J connectivity index is 1.46. The van der Waals surface area contributed by atoms with E-state index in [0.717, 1.165) is 11.1 Å². The smallest absolute Gasteiger partial charge is 0.296 e. The van der Waals surface area contributed by atoms with Gasteiger partial charge < -0.3 is 19.2 Å². The van der Waals surface area contributed by atoms with Crippen molar-refractivity contribution in [1.29, 1.82) is 0 Å². The minimum Gasteiger partial charge on any atom is -0.507 e. The fourth-order valence-electron chi connectivity index (χ4n) is 4.44. The first kappa shape index (κ1) is 24.1. The van der Waals surface area contributed by atoms with Crippen LogP contribution >= 0.6 is 0 Å². The molecule has 1 amide bonds. The molecule has 1 atom stereocenters. The molecule has 7 heteroatoms. The summed E-state index contributed by atoms with van der Waals surface area (Å²) < 4.78 is 24.9. The lowest BCUT2D eigenvalue weighted by Crippen LogP contribution is -2.29. The first-order chi connectivity index (χ1) is 17.9. The molecular weight excluding hydrogens is 473 g/mol. The highest BCUT2D eigenvalue weighted by Crippen LogP contribution is 2.40. The number of halogens is 1. The SMILES string of the molecule is Cc1cccc(COc2ccc(/C(O)=C3\C(=O)C(=O)N(Cc4ccco4)[C@H]3c3ccc(F)cc3)cc2)c1. The Labute approximate surface area is 213 Å². The average molecular weight is 498 g/mol. The zero-order chi connectivity index (χ0) is 25.9. The monoisotopic (exact) mass is 497 g/mol. The van der Waals surface area contributed by atoms with Gasteiger partial charge in [0.15, 0.2) is 0 Å². The molecule has 1 aliphatic rings. The van der Waals surface area contributed by atoms with Crippen LogP contribution in [0.4, 0.5) is 4.39 Å². The predicted octanol–water partition coefficient (Wildman–Crippen LogP) is 5.93. The maximum atomic E-state index is 13.6. The lowest BCUT2D eigenvalue weighted by atomic mass is 9.95. The van der Waals surface area contributed by atoms with E-state index in [9.17, 15) is 19.1 Å². The largest absolute Gasteiger partial charge is 0.507 e. The second-order valence-corrected chi connectivity index (χ2v) is 8.86. The highest BCUT2D eigenvalue weighted by molar-refractivity contribution is 6.46. The summed E-state index contributed by atoms with van der Waals surface area (Å²) >= 11 is 0. The van der Waals surface area contributed by atoms with Crippen LogP contribution in [-0.2, 0) is 22.7 Å². The normalized spacial score (nSPS) is 16.8. The molecule has 37 heavy (non-hydrogen) atoms. The topological polar surface area (TPSA) is 80.0 Å². The molecule has 1 fully saturated rings. The second kappa shape index (κ2) is 10.1. The molecule has 1 aromatic heterocycles. The molecule has 186 valence electrons. The predicted molar refractivity (Wildman–Crippen MR) is 135 cm³/mol. The summed E-state index contributed by atoms with van der Waals surface area (Å²) in [5.74, 6) is -1.30. The van der Waals surface area contributed by atoms with Crippen LogP contribution in [0, 0.1) is 12.7 Å². The van der Waals surface area contributed by atoms with E-state index in [2.05, 4.69) is 0 Å². The summed E-state index contributed by atoms with van der Waals surface area (Å²) in [6.07, 6.45) is 1.47. The summed E-state index contributed by atoms with van der Waals surface area (Å²) in [5.41, 5.74) is 2.94. The van der Waals surface area contributed by atoms with Crippen molar-refractivity contribution >= 4 is 17.4 Å². The maximum Gasteiger partial charge on any atom is 0.296 e. The third-order valence-corrected chi connectivity index (χ3v) is 6.25. The van der Waals surface area contributed by atoms with Crippen molar-refractivity contribution in [3.8, 4) is 5.75 Å². The first-order valence-electron chi connectivity index (χ1n) is 11.8. The van der Waals surface area contributed by atoms with Gasteiger partial charge in [-0.1, -0.05) is 42.0 Å². The molecule has 1 saturated heterocycles. The fraction of sp³-hybridized carbons (Fsp3) is 0.133. The van der Waals surface area contributed by atoms with E-state index in [-0.39, 0.29) is 17.9 Å². The van der Waals surface area contributed by atoms with E-state index >= 15 is 0 Å². The van der Waals surface area contributed by atoms with Gasteiger partial charge in [0.05, 0.1) is 24.4 Å². The van der Waals surface area contributed by atoms with E-state index in [4.69, 9.17) is 9.15 Å². The summed E-state index contributed by atoms with van der Waals surface area (Å²) in [7, 11) is 0. The third kappa shape index (κ3) is 5.02. The van der Waals surface area contributed by atoms with Crippen LogP contribution in [0.25, 0.3) is 5.76 Å². The number of furan rings is 1. The molecular formula is C30H24FNO5. The number of rotatable bonds is 7. The lowest BCUT2D eigenvalue weighted by molar-refractivity contribution is -0.140. The van der Waals surface area contributed by atoms with Gasteiger partial charge in [0.2, 0.25) is 0 Å². The fourth-order valence-corrected chi connectivity index (χ4v) is 4.44. The van der Waals surface area contributed by atoms with Gasteiger partial charge in [0, 0.05) is 5.56 Å². The zero-order valence-corrected chi connectivity index (χ0v) is 20.1. The molecule has 4 aromatic rings. The lowest BCUT2D eigenvalue weighted by Gasteiger charge is -2.24. The van der Waals surface area contributed by atoms with Crippen LogP contribution in [0.1, 0.15) is 34.1 Å². The molecule has 0 saturated carbocycles. The van der Waals surface area contributed by atoms with Gasteiger partial charge in [-0.2, -0.15) is 0 Å². The summed E-state index contributed by atoms with van der Waals surface area (Å²) in [5, 5.41) is 11.2. The number of hydrogen-bond acceptors (Lipinski definition) is 5. The van der Waals surface area contributed by atoms with Gasteiger partial charge in [-0.25, -0.2) is 4.39 Å². The molecule has 0 bridgehead atoms. The molecule has 0 spiro atoms. The number of likely N-dealkylation sites (tertiary alicyclic amines) is 1. The van der Waals surface area contributed by atoms with Crippen LogP contribution in [0.15, 0.2) is 101 Å². The average Bonchev–Trinajstić information content (AvgIpc) is 3.50. The Hall–Kier alpha value is -4.65. The summed E-state index contributed by atoms with van der Waals surface area (Å²) in [6.45, 7) is 2.41. The van der Waals surface area contributed by atoms with Crippen LogP contribution in [0.3, 0.4) is 0 Å². The molecule has 3 aromatic carbocycles. The number of benzene rings is 3. The van der Waals surface area contributed by atoms with Gasteiger partial charge >= 0.3 is 0 Å². The van der Waals surface area contributed by atoms with Crippen molar-refractivity contribution in [2.45, 2.75) is 26.1 Å². The Morgan fingerprint density at radius 2 is 1.76 bits per heavy atom. The van der Waals surface area contributed by atoms with Crippen molar-refractivity contribution in [2.75, 3.05) is 0 Å². The number of aliphatic hydroxyl groups is 1. The number of ether oxygens (including phenoxy) is 1. The van der Waals surface area contributed by atoms with Gasteiger partial charge in [-0.15, -0.1) is 0 Å². The number of aliphatic hydroxyl groups excluding tert-OH is 1.